The second-order valence-electron chi connectivity index (χ2n) is 22.0. The molecule has 2 aromatic carbocycles. The number of ketones is 8. The maximum Gasteiger partial charge on any atom is 0.319 e. The Balaban J connectivity index is 0.000000175. The van der Waals surface area contributed by atoms with E-state index in [1.807, 2.05) is 0 Å². The van der Waals surface area contributed by atoms with Crippen LogP contribution in [0, 0.1) is 47.9 Å². The van der Waals surface area contributed by atoms with Crippen LogP contribution in [-0.4, -0.2) is 132 Å². The van der Waals surface area contributed by atoms with Crippen LogP contribution >= 0.6 is 23.2 Å². The molecule has 4 aliphatic carbocycles. The topological polar surface area (TPSA) is 543 Å². The van der Waals surface area contributed by atoms with E-state index >= 15 is 0 Å². The molecule has 0 fully saturated rings. The van der Waals surface area contributed by atoms with Gasteiger partial charge in [-0.05, 0) is 107 Å². The lowest BCUT2D eigenvalue weighted by Gasteiger charge is -2.14. The van der Waals surface area contributed by atoms with Crippen molar-refractivity contribution in [2.24, 2.45) is 11.5 Å². The number of nitrogens with one attached hydrogen (secondary N) is 4. The van der Waals surface area contributed by atoms with E-state index in [1.165, 1.54) is 76.2 Å². The van der Waals surface area contributed by atoms with Gasteiger partial charge in [-0.2, -0.15) is 0 Å². The number of aromatic hydroxyl groups is 2. The summed E-state index contributed by atoms with van der Waals surface area (Å²) in [5.41, 5.74) is 13.0. The third-order valence-corrected chi connectivity index (χ3v) is 15.0. The number of aromatic nitrogens is 6. The monoisotopic (exact) mass is 1450 g/mol. The minimum Gasteiger partial charge on any atom is -0.504 e. The van der Waals surface area contributed by atoms with E-state index in [-0.39, 0.29) is 129 Å². The highest BCUT2D eigenvalue weighted by atomic mass is 35.5. The number of nitro benzene ring substituents is 2. The van der Waals surface area contributed by atoms with Crippen LogP contribution in [0.1, 0.15) is 155 Å². The van der Waals surface area contributed by atoms with Crippen LogP contribution in [0.4, 0.5) is 22.7 Å². The number of aldehydes is 2. The molecule has 4 amide bonds. The van der Waals surface area contributed by atoms with Crippen molar-refractivity contribution in [2.45, 2.75) is 55.4 Å². The van der Waals surface area contributed by atoms with Crippen molar-refractivity contribution in [3.63, 3.8) is 0 Å². The Bertz CT molecular complexity index is 5350. The number of pyridine rings is 6. The zero-order valence-corrected chi connectivity index (χ0v) is 56.6. The normalized spacial score (nSPS) is 13.1. The van der Waals surface area contributed by atoms with Crippen molar-refractivity contribution < 1.29 is 87.2 Å². The van der Waals surface area contributed by atoms with Crippen molar-refractivity contribution in [3.05, 3.63) is 229 Å². The number of rotatable bonds is 8. The summed E-state index contributed by atoms with van der Waals surface area (Å²) in [7, 11) is 0. The SMILES string of the molecule is CC(=O)NC1=CC(=O)c2ccc(C)nc2C1=O.CC(=O)NC1=CC(=O)c2ccc(C=O)nc2C1=O.CC(=O)Nc1cc(NC(C)=O)c2ccc(C)nc2c1O.Cc1ccc2c([N+](=O)[O-])cc([N+](=O)[O-])c(O)c2n1.Cc1ccc2c(n1)C(=O)C(N)=C(Cl)C2=O.NC1=C(Cl)C(=O)c2ccc(C=O)nc2C1=O. The molecular formula is C68H52Cl2N14O20. The van der Waals surface area contributed by atoms with Gasteiger partial charge < -0.3 is 42.9 Å². The second kappa shape index (κ2) is 32.3. The van der Waals surface area contributed by atoms with Crippen molar-refractivity contribution in [3.8, 4) is 11.5 Å². The summed E-state index contributed by atoms with van der Waals surface area (Å²) in [6.07, 6.45) is 3.14. The highest BCUT2D eigenvalue weighted by Gasteiger charge is 2.34. The highest BCUT2D eigenvalue weighted by Crippen LogP contribution is 2.40. The second-order valence-corrected chi connectivity index (χ2v) is 22.7. The Labute approximate surface area is 593 Å². The van der Waals surface area contributed by atoms with E-state index in [0.717, 1.165) is 23.9 Å². The fourth-order valence-corrected chi connectivity index (χ4v) is 9.91. The molecule has 0 bridgehead atoms. The Morgan fingerprint density at radius 3 is 1.20 bits per heavy atom. The first-order valence-corrected chi connectivity index (χ1v) is 30.3. The fourth-order valence-electron chi connectivity index (χ4n) is 9.54. The lowest BCUT2D eigenvalue weighted by Crippen LogP contribution is -2.30. The Hall–Kier alpha value is -14.0. The number of nitrogens with zero attached hydrogens (tertiary/aromatic N) is 8. The number of amides is 4. The maximum atomic E-state index is 12.0. The number of nitro groups is 2. The van der Waals surface area contributed by atoms with Crippen molar-refractivity contribution in [2.75, 3.05) is 10.6 Å². The molecule has 0 unspecified atom stereocenters. The van der Waals surface area contributed by atoms with Gasteiger partial charge in [0.2, 0.25) is 64.1 Å². The van der Waals surface area contributed by atoms with Gasteiger partial charge in [-0.1, -0.05) is 23.2 Å². The van der Waals surface area contributed by atoms with E-state index in [0.29, 0.717) is 46.2 Å². The number of nitrogens with two attached hydrogens (primary N) is 2. The standard InChI is InChI=1S/C14H15N3O3.C12H8N2O4.C12H10N2O3.C10H5ClN2O3.C10H7ClN2O2.C10H7N3O5/c1-7-4-5-10-11(16-8(2)18)6-12(17-9(3)19)14(20)13(10)15-7;1-6(16)13-9-4-10(17)8-3-2-7(5-15)14-11(8)12(9)18;1-6-3-4-8-10(16)5-9(14-7(2)15)12(17)11(8)13-6;11-6-7(12)10(16)8-5(9(6)15)2-1-4(3-14)13-8;1-4-2-3-5-8(13-4)10(15)7(12)6(11)9(5)14;1-5-2-3-6-7(12(15)16)4-8(13(17)18)10(14)9(6)11-5/h4-6,20H,1-3H3,(H,16,18)(H,17,19);2-5H,1H3,(H,13,16);3-5H,1-2H3,(H,14,15);1-3H,12H2;2-3H,12H2,1H3;2-4,14H,1H3. The summed E-state index contributed by atoms with van der Waals surface area (Å²) in [5.74, 6) is -6.09. The molecule has 4 aliphatic rings. The molecule has 0 radical (unpaired) electrons. The van der Waals surface area contributed by atoms with Gasteiger partial charge in [0.15, 0.2) is 29.9 Å². The van der Waals surface area contributed by atoms with E-state index in [1.54, 1.807) is 58.0 Å². The molecule has 10 N–H and O–H groups in total. The van der Waals surface area contributed by atoms with E-state index in [2.05, 4.69) is 51.2 Å². The summed E-state index contributed by atoms with van der Waals surface area (Å²) in [5, 5.41) is 51.4. The molecule has 6 heterocycles. The Morgan fingerprint density at radius 2 is 0.779 bits per heavy atom. The number of benzene rings is 2. The number of hydrogen-bond donors (Lipinski definition) is 8. The molecule has 0 spiro atoms. The third kappa shape index (κ3) is 17.3. The number of phenolic OH excluding ortho intramolecular Hbond substituents is 2. The molecule has 36 heteroatoms. The van der Waals surface area contributed by atoms with Crippen LogP contribution < -0.4 is 32.7 Å². The Kier molecular flexibility index (Phi) is 24.0. The zero-order chi connectivity index (χ0) is 77.2. The van der Waals surface area contributed by atoms with E-state index in [4.69, 9.17) is 34.7 Å². The van der Waals surface area contributed by atoms with Crippen LogP contribution in [0.5, 0.6) is 11.5 Å². The first kappa shape index (κ1) is 77.3. The number of fused-ring (bicyclic) bond motifs is 6. The van der Waals surface area contributed by atoms with Crippen molar-refractivity contribution in [1.29, 1.82) is 0 Å². The third-order valence-electron chi connectivity index (χ3n) is 14.2. The molecule has 8 aromatic rings. The number of phenols is 2. The van der Waals surface area contributed by atoms with Gasteiger partial charge in [0.25, 0.3) is 5.69 Å². The average Bonchev–Trinajstić information content (AvgIpc) is 0.818. The highest BCUT2D eigenvalue weighted by molar-refractivity contribution is 6.50. The summed E-state index contributed by atoms with van der Waals surface area (Å²) >= 11 is 11.2. The number of carbonyl (C=O) groups is 14. The van der Waals surface area contributed by atoms with Gasteiger partial charge in [0.05, 0.1) is 66.3 Å². The van der Waals surface area contributed by atoms with Crippen molar-refractivity contribution >= 4 is 150 Å². The van der Waals surface area contributed by atoms with Gasteiger partial charge >= 0.3 is 5.69 Å². The quantitative estimate of drug-likeness (QED) is 0.0245. The number of hydrogen-bond acceptors (Lipinski definition) is 28. The molecule has 12 rings (SSSR count). The maximum absolute atomic E-state index is 12.0. The van der Waals surface area contributed by atoms with Gasteiger partial charge in [-0.25, -0.2) is 29.9 Å². The number of halogens is 2. The van der Waals surface area contributed by atoms with E-state index < -0.39 is 79.3 Å². The molecule has 0 atom stereocenters. The van der Waals surface area contributed by atoms with Gasteiger partial charge in [-0.3, -0.25) is 87.4 Å². The lowest BCUT2D eigenvalue weighted by molar-refractivity contribution is -0.393. The minimum absolute atomic E-state index is 0.0203. The number of Topliss-reactive ketones (excluding diaryl/α,β-unsaturated/α-hetero) is 6. The molecule has 0 saturated heterocycles. The largest absolute Gasteiger partial charge is 0.504 e. The summed E-state index contributed by atoms with van der Waals surface area (Å²) in [6, 6.07) is 20.5. The Morgan fingerprint density at radius 1 is 0.433 bits per heavy atom. The summed E-state index contributed by atoms with van der Waals surface area (Å²) in [4.78, 5) is 203. The minimum atomic E-state index is -0.883. The number of allylic oxidation sites excluding steroid dienone is 8. The van der Waals surface area contributed by atoms with Gasteiger partial charge in [-0.15, -0.1) is 0 Å². The summed E-state index contributed by atoms with van der Waals surface area (Å²) in [6.45, 7) is 12.1. The van der Waals surface area contributed by atoms with Gasteiger partial charge in [0, 0.05) is 68.0 Å². The predicted octanol–water partition coefficient (Wildman–Crippen LogP) is 7.17. The zero-order valence-electron chi connectivity index (χ0n) is 55.1. The smallest absolute Gasteiger partial charge is 0.319 e. The van der Waals surface area contributed by atoms with Crippen LogP contribution in [0.15, 0.2) is 130 Å². The summed E-state index contributed by atoms with van der Waals surface area (Å²) < 4.78 is 0. The van der Waals surface area contributed by atoms with E-state index in [9.17, 15) is 97.6 Å². The lowest BCUT2D eigenvalue weighted by atomic mass is 9.97. The van der Waals surface area contributed by atoms with Crippen LogP contribution in [0.25, 0.3) is 21.8 Å². The fraction of sp³-hybridized carbons (Fsp3) is 0.118. The number of anilines is 2. The molecule has 528 valence electrons. The van der Waals surface area contributed by atoms with Crippen molar-refractivity contribution in [1.82, 2.24) is 40.5 Å². The number of carbonyl (C=O) groups excluding carboxylic acids is 14. The van der Waals surface area contributed by atoms with Crippen LogP contribution in [0.3, 0.4) is 0 Å². The number of aryl methyl sites for hydroxylation is 4. The molecule has 104 heavy (non-hydrogen) atoms. The molecule has 0 saturated carbocycles. The molecule has 34 nitrogen and oxygen atoms in total. The van der Waals surface area contributed by atoms with Crippen LogP contribution in [0.2, 0.25) is 0 Å². The predicted molar refractivity (Wildman–Crippen MR) is 368 cm³/mol. The van der Waals surface area contributed by atoms with Gasteiger partial charge in [0.1, 0.15) is 66.7 Å². The molecular weight excluding hydrogens is 1400 g/mol. The molecule has 0 aliphatic heterocycles. The number of non-ortho nitro benzene ring substituents is 1. The van der Waals surface area contributed by atoms with Crippen LogP contribution in [-0.2, 0) is 19.2 Å². The average molecular weight is 1460 g/mol. The first-order chi connectivity index (χ1) is 48.9. The molecule has 6 aromatic heterocycles. The first-order valence-electron chi connectivity index (χ1n) is 29.5.